The second-order valence-corrected chi connectivity index (χ2v) is 4.64. The van der Waals surface area contributed by atoms with E-state index in [9.17, 15) is 0 Å². The lowest BCUT2D eigenvalue weighted by molar-refractivity contribution is 0.0770. The predicted octanol–water partition coefficient (Wildman–Crippen LogP) is 3.10. The summed E-state index contributed by atoms with van der Waals surface area (Å²) in [5.74, 6) is 1.32. The van der Waals surface area contributed by atoms with Gasteiger partial charge in [-0.15, -0.1) is 0 Å². The number of aryl methyl sites for hydroxylation is 1. The van der Waals surface area contributed by atoms with Gasteiger partial charge in [0.2, 0.25) is 0 Å². The molecule has 0 aliphatic heterocycles. The fourth-order valence-corrected chi connectivity index (χ4v) is 2.38. The molecule has 1 aliphatic rings. The van der Waals surface area contributed by atoms with Gasteiger partial charge in [-0.3, -0.25) is 0 Å². The van der Waals surface area contributed by atoms with Crippen molar-refractivity contribution in [1.29, 1.82) is 0 Å². The van der Waals surface area contributed by atoms with Crippen molar-refractivity contribution >= 4 is 11.6 Å². The molecule has 1 aromatic heterocycles. The van der Waals surface area contributed by atoms with E-state index in [0.717, 1.165) is 23.5 Å². The van der Waals surface area contributed by atoms with E-state index >= 15 is 0 Å². The second-order valence-electron chi connectivity index (χ2n) is 4.28. The molecule has 0 N–H and O–H groups in total. The SMILES string of the molecule is CCc1c(C)nc(C(OC)C2CC2)nc1Cl. The normalized spacial score (nSPS) is 17.5. The molecule has 1 aromatic rings. The molecule has 0 amide bonds. The van der Waals surface area contributed by atoms with Gasteiger partial charge in [0.15, 0.2) is 5.82 Å². The highest BCUT2D eigenvalue weighted by atomic mass is 35.5. The zero-order valence-corrected chi connectivity index (χ0v) is 10.7. The maximum atomic E-state index is 6.15. The van der Waals surface area contributed by atoms with Crippen molar-refractivity contribution < 1.29 is 4.74 Å². The molecule has 16 heavy (non-hydrogen) atoms. The van der Waals surface area contributed by atoms with Gasteiger partial charge in [-0.25, -0.2) is 9.97 Å². The van der Waals surface area contributed by atoms with Crippen molar-refractivity contribution in [3.63, 3.8) is 0 Å². The Morgan fingerprint density at radius 3 is 2.56 bits per heavy atom. The summed E-state index contributed by atoms with van der Waals surface area (Å²) in [5.41, 5.74) is 2.01. The summed E-state index contributed by atoms with van der Waals surface area (Å²) in [6.07, 6.45) is 3.29. The third kappa shape index (κ3) is 2.20. The van der Waals surface area contributed by atoms with Crippen molar-refractivity contribution in [3.05, 3.63) is 22.2 Å². The minimum atomic E-state index is 0.0158. The summed E-state index contributed by atoms with van der Waals surface area (Å²) in [7, 11) is 1.71. The monoisotopic (exact) mass is 240 g/mol. The first-order valence-corrected chi connectivity index (χ1v) is 6.10. The molecule has 0 saturated heterocycles. The van der Waals surface area contributed by atoms with E-state index in [1.165, 1.54) is 12.8 Å². The van der Waals surface area contributed by atoms with Crippen molar-refractivity contribution in [2.45, 2.75) is 39.2 Å². The van der Waals surface area contributed by atoms with Gasteiger partial charge in [0.1, 0.15) is 11.3 Å². The van der Waals surface area contributed by atoms with Crippen LogP contribution >= 0.6 is 11.6 Å². The summed E-state index contributed by atoms with van der Waals surface area (Å²) in [4.78, 5) is 8.88. The molecule has 0 bridgehead atoms. The van der Waals surface area contributed by atoms with Crippen LogP contribution in [0, 0.1) is 12.8 Å². The Morgan fingerprint density at radius 1 is 1.44 bits per heavy atom. The van der Waals surface area contributed by atoms with Gasteiger partial charge in [0, 0.05) is 18.4 Å². The van der Waals surface area contributed by atoms with Crippen LogP contribution in [-0.4, -0.2) is 17.1 Å². The van der Waals surface area contributed by atoms with E-state index in [2.05, 4.69) is 16.9 Å². The predicted molar refractivity (Wildman–Crippen MR) is 63.6 cm³/mol. The van der Waals surface area contributed by atoms with Gasteiger partial charge >= 0.3 is 0 Å². The standard InChI is InChI=1S/C12H17ClN2O/c1-4-9-7(2)14-12(15-11(9)13)10(16-3)8-5-6-8/h8,10H,4-6H2,1-3H3. The molecule has 4 heteroatoms. The first-order chi connectivity index (χ1) is 7.67. The van der Waals surface area contributed by atoms with Crippen LogP contribution in [0.25, 0.3) is 0 Å². The summed E-state index contributed by atoms with van der Waals surface area (Å²) < 4.78 is 5.46. The average molecular weight is 241 g/mol. The Labute approximate surface area is 101 Å². The molecular weight excluding hydrogens is 224 g/mol. The lowest BCUT2D eigenvalue weighted by Gasteiger charge is -2.15. The smallest absolute Gasteiger partial charge is 0.159 e. The van der Waals surface area contributed by atoms with Crippen molar-refractivity contribution in [2.24, 2.45) is 5.92 Å². The molecule has 1 heterocycles. The highest BCUT2D eigenvalue weighted by Gasteiger charge is 2.34. The summed E-state index contributed by atoms with van der Waals surface area (Å²) in [6.45, 7) is 4.04. The molecule has 88 valence electrons. The van der Waals surface area contributed by atoms with Crippen LogP contribution in [0.4, 0.5) is 0 Å². The lowest BCUT2D eigenvalue weighted by atomic mass is 10.1. The maximum Gasteiger partial charge on any atom is 0.159 e. The number of hydrogen-bond acceptors (Lipinski definition) is 3. The Kier molecular flexibility index (Phi) is 3.45. The first-order valence-electron chi connectivity index (χ1n) is 5.73. The summed E-state index contributed by atoms with van der Waals surface area (Å²) >= 11 is 6.15. The number of ether oxygens (including phenoxy) is 1. The molecule has 1 saturated carbocycles. The van der Waals surface area contributed by atoms with Crippen molar-refractivity contribution in [2.75, 3.05) is 7.11 Å². The number of rotatable bonds is 4. The number of halogens is 1. The molecule has 3 nitrogen and oxygen atoms in total. The minimum Gasteiger partial charge on any atom is -0.373 e. The van der Waals surface area contributed by atoms with Crippen LogP contribution in [0.2, 0.25) is 5.15 Å². The van der Waals surface area contributed by atoms with Gasteiger partial charge < -0.3 is 4.74 Å². The van der Waals surface area contributed by atoms with Gasteiger partial charge in [-0.05, 0) is 32.1 Å². The van der Waals surface area contributed by atoms with Gasteiger partial charge in [0.05, 0.1) is 0 Å². The van der Waals surface area contributed by atoms with Crippen LogP contribution in [0.1, 0.15) is 43.0 Å². The van der Waals surface area contributed by atoms with E-state index < -0.39 is 0 Å². The first kappa shape index (κ1) is 11.8. The number of methoxy groups -OCH3 is 1. The Balaban J connectivity index is 2.34. The Bertz CT molecular complexity index is 368. The number of nitrogens with zero attached hydrogens (tertiary/aromatic N) is 2. The second kappa shape index (κ2) is 4.68. The van der Waals surface area contributed by atoms with E-state index in [0.29, 0.717) is 11.1 Å². The van der Waals surface area contributed by atoms with Gasteiger partial charge in [0.25, 0.3) is 0 Å². The van der Waals surface area contributed by atoms with Crippen LogP contribution in [0.5, 0.6) is 0 Å². The third-order valence-corrected chi connectivity index (χ3v) is 3.41. The Morgan fingerprint density at radius 2 is 2.12 bits per heavy atom. The van der Waals surface area contributed by atoms with Crippen LogP contribution in [0.3, 0.4) is 0 Å². The van der Waals surface area contributed by atoms with Crippen LogP contribution in [0.15, 0.2) is 0 Å². The zero-order valence-electron chi connectivity index (χ0n) is 9.96. The van der Waals surface area contributed by atoms with Crippen molar-refractivity contribution in [3.8, 4) is 0 Å². The molecule has 2 rings (SSSR count). The van der Waals surface area contributed by atoms with Crippen molar-refractivity contribution in [1.82, 2.24) is 9.97 Å². The number of hydrogen-bond donors (Lipinski definition) is 0. The molecular formula is C12H17ClN2O. The third-order valence-electron chi connectivity index (χ3n) is 3.09. The van der Waals surface area contributed by atoms with Crippen LogP contribution in [-0.2, 0) is 11.2 Å². The van der Waals surface area contributed by atoms with E-state index in [1.54, 1.807) is 7.11 Å². The summed E-state index contributed by atoms with van der Waals surface area (Å²) in [5, 5.41) is 0.577. The Hall–Kier alpha value is -0.670. The van der Waals surface area contributed by atoms with Gasteiger partial charge in [-0.2, -0.15) is 0 Å². The highest BCUT2D eigenvalue weighted by molar-refractivity contribution is 6.30. The minimum absolute atomic E-state index is 0.0158. The lowest BCUT2D eigenvalue weighted by Crippen LogP contribution is -2.11. The molecule has 1 aliphatic carbocycles. The van der Waals surface area contributed by atoms with E-state index in [1.807, 2.05) is 6.92 Å². The van der Waals surface area contributed by atoms with E-state index in [-0.39, 0.29) is 6.10 Å². The maximum absolute atomic E-state index is 6.15. The molecule has 0 aromatic carbocycles. The summed E-state index contributed by atoms with van der Waals surface area (Å²) in [6, 6.07) is 0. The topological polar surface area (TPSA) is 35.0 Å². The molecule has 1 fully saturated rings. The highest BCUT2D eigenvalue weighted by Crippen LogP contribution is 2.42. The molecule has 1 atom stereocenters. The molecule has 0 spiro atoms. The fourth-order valence-electron chi connectivity index (χ4n) is 2.02. The molecule has 0 radical (unpaired) electrons. The quantitative estimate of drug-likeness (QED) is 0.759. The fraction of sp³-hybridized carbons (Fsp3) is 0.667. The largest absolute Gasteiger partial charge is 0.373 e. The average Bonchev–Trinajstić information content (AvgIpc) is 3.03. The van der Waals surface area contributed by atoms with Gasteiger partial charge in [-0.1, -0.05) is 18.5 Å². The molecule has 1 unspecified atom stereocenters. The van der Waals surface area contributed by atoms with Crippen LogP contribution < -0.4 is 0 Å². The van der Waals surface area contributed by atoms with E-state index in [4.69, 9.17) is 16.3 Å². The zero-order chi connectivity index (χ0) is 11.7. The number of aromatic nitrogens is 2.